The summed E-state index contributed by atoms with van der Waals surface area (Å²) in [5.41, 5.74) is 0.304. The summed E-state index contributed by atoms with van der Waals surface area (Å²) in [6, 6.07) is 0. The fourth-order valence-electron chi connectivity index (χ4n) is 1.36. The fraction of sp³-hybridized carbons (Fsp3) is 0.400. The van der Waals surface area contributed by atoms with E-state index in [9.17, 15) is 9.59 Å². The van der Waals surface area contributed by atoms with Crippen molar-refractivity contribution in [3.63, 3.8) is 0 Å². The average molecular weight is 212 g/mol. The first-order valence-electron chi connectivity index (χ1n) is 4.58. The number of ether oxygens (including phenoxy) is 1. The van der Waals surface area contributed by atoms with Gasteiger partial charge in [-0.1, -0.05) is 12.2 Å². The molecule has 0 fully saturated rings. The monoisotopic (exact) mass is 212 g/mol. The second-order valence-electron chi connectivity index (χ2n) is 3.16. The van der Waals surface area contributed by atoms with Gasteiger partial charge in [0.2, 0.25) is 0 Å². The van der Waals surface area contributed by atoms with Crippen molar-refractivity contribution in [1.29, 1.82) is 0 Å². The Bertz CT molecular complexity index is 316. The predicted octanol–water partition coefficient (Wildman–Crippen LogP) is 1.80. The van der Waals surface area contributed by atoms with Gasteiger partial charge in [-0.3, -0.25) is 0 Å². The van der Waals surface area contributed by atoms with E-state index in [1.165, 1.54) is 0 Å². The van der Waals surface area contributed by atoms with Crippen LogP contribution < -0.4 is 0 Å². The molecule has 1 atom stereocenters. The van der Waals surface area contributed by atoms with Crippen LogP contribution in [-0.2, 0) is 9.53 Å². The van der Waals surface area contributed by atoms with E-state index in [4.69, 9.17) is 10.2 Å². The van der Waals surface area contributed by atoms with E-state index in [1.807, 2.05) is 0 Å². The van der Waals surface area contributed by atoms with E-state index in [0.717, 1.165) is 0 Å². The molecule has 0 heterocycles. The first kappa shape index (κ1) is 11.3. The normalized spacial score (nSPS) is 26.7. The number of aliphatic carboxylic acids is 1. The molecule has 0 amide bonds. The zero-order valence-electron chi connectivity index (χ0n) is 8.05. The van der Waals surface area contributed by atoms with Crippen molar-refractivity contribution in [3.05, 3.63) is 23.8 Å². The largest absolute Gasteiger partial charge is 0.506 e. The Morgan fingerprint density at radius 3 is 2.73 bits per heavy atom. The Morgan fingerprint density at radius 1 is 1.40 bits per heavy atom. The minimum Gasteiger partial charge on any atom is -0.478 e. The van der Waals surface area contributed by atoms with E-state index in [-0.39, 0.29) is 0 Å². The van der Waals surface area contributed by atoms with Crippen LogP contribution in [0.5, 0.6) is 0 Å². The van der Waals surface area contributed by atoms with Crippen molar-refractivity contribution in [2.24, 2.45) is 0 Å². The fourth-order valence-corrected chi connectivity index (χ4v) is 1.36. The van der Waals surface area contributed by atoms with Gasteiger partial charge in [0, 0.05) is 5.57 Å². The van der Waals surface area contributed by atoms with Crippen LogP contribution in [0.25, 0.3) is 0 Å². The van der Waals surface area contributed by atoms with Crippen LogP contribution in [0.4, 0.5) is 4.79 Å². The molecule has 5 nitrogen and oxygen atoms in total. The molecular formula is C10H12O5. The number of hydrogen-bond acceptors (Lipinski definition) is 3. The van der Waals surface area contributed by atoms with Crippen molar-refractivity contribution < 1.29 is 24.5 Å². The Balaban J connectivity index is 2.60. The van der Waals surface area contributed by atoms with Gasteiger partial charge in [0.1, 0.15) is 6.10 Å². The molecular weight excluding hydrogens is 200 g/mol. The number of carbonyl (C=O) groups is 2. The van der Waals surface area contributed by atoms with Crippen molar-refractivity contribution in [2.75, 3.05) is 0 Å². The van der Waals surface area contributed by atoms with Gasteiger partial charge in [-0.25, -0.2) is 9.59 Å². The second kappa shape index (κ2) is 5.19. The predicted molar refractivity (Wildman–Crippen MR) is 51.6 cm³/mol. The smallest absolute Gasteiger partial charge is 0.478 e. The van der Waals surface area contributed by atoms with Gasteiger partial charge in [-0.05, 0) is 25.3 Å². The number of carboxylic acids is 1. The van der Waals surface area contributed by atoms with E-state index in [2.05, 4.69) is 4.74 Å². The molecule has 0 unspecified atom stereocenters. The van der Waals surface area contributed by atoms with Gasteiger partial charge in [0.25, 0.3) is 0 Å². The Morgan fingerprint density at radius 2 is 2.13 bits per heavy atom. The summed E-state index contributed by atoms with van der Waals surface area (Å²) in [5, 5.41) is 17.2. The van der Waals surface area contributed by atoms with E-state index in [1.54, 1.807) is 18.2 Å². The van der Waals surface area contributed by atoms with Gasteiger partial charge in [-0.2, -0.15) is 0 Å². The molecule has 0 saturated heterocycles. The summed E-state index contributed by atoms with van der Waals surface area (Å²) in [7, 11) is 0. The zero-order valence-corrected chi connectivity index (χ0v) is 8.05. The Labute approximate surface area is 86.7 Å². The zero-order chi connectivity index (χ0) is 11.3. The molecule has 0 saturated carbocycles. The molecule has 1 rings (SSSR count). The maximum atomic E-state index is 10.7. The topological polar surface area (TPSA) is 83.8 Å². The number of rotatable bonds is 2. The summed E-state index contributed by atoms with van der Waals surface area (Å²) in [6.45, 7) is 0. The van der Waals surface area contributed by atoms with Gasteiger partial charge in [-0.15, -0.1) is 0 Å². The highest BCUT2D eigenvalue weighted by Gasteiger charge is 2.15. The van der Waals surface area contributed by atoms with E-state index >= 15 is 0 Å². The third-order valence-corrected chi connectivity index (χ3v) is 2.08. The standard InChI is InChI=1S/C10H12O5/c11-9(12)7-3-1-2-4-8(6-5-7)15-10(13)14/h2-4,8H,1,5-6H2,(H,11,12)(H,13,14)/b4-2+,7-3+/t8-/m1/s1. The summed E-state index contributed by atoms with van der Waals surface area (Å²) in [5.74, 6) is -0.959. The summed E-state index contributed by atoms with van der Waals surface area (Å²) in [4.78, 5) is 21.0. The van der Waals surface area contributed by atoms with E-state index in [0.29, 0.717) is 24.8 Å². The first-order valence-corrected chi connectivity index (χ1v) is 4.58. The second-order valence-corrected chi connectivity index (χ2v) is 3.16. The Hall–Kier alpha value is -1.78. The highest BCUT2D eigenvalue weighted by molar-refractivity contribution is 5.86. The minimum absolute atomic E-state index is 0.304. The van der Waals surface area contributed by atoms with Gasteiger partial charge in [0.15, 0.2) is 0 Å². The molecule has 0 aromatic heterocycles. The van der Waals surface area contributed by atoms with Gasteiger partial charge >= 0.3 is 12.1 Å². The number of hydrogen-bond donors (Lipinski definition) is 2. The summed E-state index contributed by atoms with van der Waals surface area (Å²) in [6.07, 6.45) is 4.24. The van der Waals surface area contributed by atoms with Crippen LogP contribution >= 0.6 is 0 Å². The molecule has 2 N–H and O–H groups in total. The Kier molecular flexibility index (Phi) is 3.91. The van der Waals surface area contributed by atoms with Crippen molar-refractivity contribution in [3.8, 4) is 0 Å². The molecule has 0 spiro atoms. The molecule has 0 bridgehead atoms. The maximum absolute atomic E-state index is 10.7. The molecule has 0 aromatic rings. The third-order valence-electron chi connectivity index (χ3n) is 2.08. The maximum Gasteiger partial charge on any atom is 0.506 e. The van der Waals surface area contributed by atoms with E-state index < -0.39 is 18.2 Å². The lowest BCUT2D eigenvalue weighted by Gasteiger charge is -2.13. The van der Waals surface area contributed by atoms with Crippen LogP contribution in [0.1, 0.15) is 19.3 Å². The number of carboxylic acid groups (broad SMARTS) is 2. The average Bonchev–Trinajstić information content (AvgIpc) is 2.08. The van der Waals surface area contributed by atoms with Crippen LogP contribution in [0.2, 0.25) is 0 Å². The van der Waals surface area contributed by atoms with Crippen molar-refractivity contribution >= 4 is 12.1 Å². The van der Waals surface area contributed by atoms with Crippen molar-refractivity contribution in [1.82, 2.24) is 0 Å². The molecule has 0 aromatic carbocycles. The first-order chi connectivity index (χ1) is 7.09. The molecule has 1 aliphatic rings. The molecule has 0 radical (unpaired) electrons. The quantitative estimate of drug-likeness (QED) is 0.538. The van der Waals surface area contributed by atoms with Gasteiger partial charge < -0.3 is 14.9 Å². The summed E-state index contributed by atoms with van der Waals surface area (Å²) >= 11 is 0. The summed E-state index contributed by atoms with van der Waals surface area (Å²) < 4.78 is 4.56. The van der Waals surface area contributed by atoms with Crippen molar-refractivity contribution in [2.45, 2.75) is 25.4 Å². The highest BCUT2D eigenvalue weighted by atomic mass is 16.7. The lowest BCUT2D eigenvalue weighted by Crippen LogP contribution is -2.16. The van der Waals surface area contributed by atoms with Gasteiger partial charge in [0.05, 0.1) is 0 Å². The lowest BCUT2D eigenvalue weighted by atomic mass is 10.0. The molecule has 0 aliphatic heterocycles. The van der Waals surface area contributed by atoms with Crippen LogP contribution in [0.3, 0.4) is 0 Å². The SMILES string of the molecule is O=C(O)O[C@@H]1/C=C/C/C=C(/C(=O)O)CC1. The van der Waals surface area contributed by atoms with Crippen LogP contribution in [0.15, 0.2) is 23.8 Å². The number of allylic oxidation sites excluding steroid dienone is 2. The van der Waals surface area contributed by atoms with Crippen LogP contribution in [-0.4, -0.2) is 28.4 Å². The molecule has 1 aliphatic carbocycles. The lowest BCUT2D eigenvalue weighted by molar-refractivity contribution is -0.132. The van der Waals surface area contributed by atoms with Crippen LogP contribution in [0, 0.1) is 0 Å². The molecule has 5 heteroatoms. The molecule has 15 heavy (non-hydrogen) atoms. The minimum atomic E-state index is -1.34. The third kappa shape index (κ3) is 3.84. The highest BCUT2D eigenvalue weighted by Crippen LogP contribution is 2.15. The molecule has 82 valence electrons.